The lowest BCUT2D eigenvalue weighted by Gasteiger charge is -2.02. The number of ether oxygens (including phenoxy) is 1. The second-order valence-electron chi connectivity index (χ2n) is 4.06. The number of hydrogen-bond donors (Lipinski definition) is 2. The Labute approximate surface area is 95.8 Å². The summed E-state index contributed by atoms with van der Waals surface area (Å²) in [5.74, 6) is 0.921. The fourth-order valence-corrected chi connectivity index (χ4v) is 1.96. The van der Waals surface area contributed by atoms with Crippen LogP contribution in [0.5, 0.6) is 5.75 Å². The van der Waals surface area contributed by atoms with Crippen molar-refractivity contribution in [3.63, 3.8) is 0 Å². The van der Waals surface area contributed by atoms with Crippen molar-refractivity contribution >= 4 is 10.9 Å². The third kappa shape index (κ3) is 2.04. The van der Waals surface area contributed by atoms with Gasteiger partial charge in [0, 0.05) is 23.1 Å². The van der Waals surface area contributed by atoms with Crippen molar-refractivity contribution in [1.82, 2.24) is 10.3 Å². The quantitative estimate of drug-likeness (QED) is 0.826. The van der Waals surface area contributed by atoms with E-state index in [4.69, 9.17) is 4.74 Å². The number of aryl methyl sites for hydroxylation is 1. The van der Waals surface area contributed by atoms with E-state index >= 15 is 0 Å². The average molecular weight is 218 g/mol. The molecule has 0 bridgehead atoms. The zero-order valence-corrected chi connectivity index (χ0v) is 10.1. The molecule has 0 radical (unpaired) electrons. The van der Waals surface area contributed by atoms with Gasteiger partial charge in [-0.1, -0.05) is 0 Å². The molecule has 0 unspecified atom stereocenters. The molecule has 0 fully saturated rings. The highest BCUT2D eigenvalue weighted by Gasteiger charge is 2.05. The van der Waals surface area contributed by atoms with Crippen LogP contribution in [-0.2, 0) is 6.42 Å². The highest BCUT2D eigenvalue weighted by Crippen LogP contribution is 2.25. The van der Waals surface area contributed by atoms with Crippen molar-refractivity contribution in [2.75, 3.05) is 20.7 Å². The minimum atomic E-state index is 0.921. The van der Waals surface area contributed by atoms with Crippen LogP contribution in [0, 0.1) is 6.92 Å². The highest BCUT2D eigenvalue weighted by atomic mass is 16.5. The monoisotopic (exact) mass is 218 g/mol. The number of H-pyrrole nitrogens is 1. The molecule has 2 rings (SSSR count). The molecule has 0 aliphatic heterocycles. The Morgan fingerprint density at radius 2 is 2.12 bits per heavy atom. The first kappa shape index (κ1) is 11.0. The molecular formula is C13H18N2O. The number of fused-ring (bicyclic) bond motifs is 1. The van der Waals surface area contributed by atoms with E-state index in [-0.39, 0.29) is 0 Å². The summed E-state index contributed by atoms with van der Waals surface area (Å²) in [6, 6.07) is 6.32. The molecule has 0 aliphatic rings. The highest BCUT2D eigenvalue weighted by molar-refractivity contribution is 5.85. The third-order valence-electron chi connectivity index (χ3n) is 2.83. The number of benzene rings is 1. The summed E-state index contributed by atoms with van der Waals surface area (Å²) in [5, 5.41) is 4.38. The molecule has 2 aromatic rings. The summed E-state index contributed by atoms with van der Waals surface area (Å²) in [4.78, 5) is 3.45. The van der Waals surface area contributed by atoms with E-state index < -0.39 is 0 Å². The van der Waals surface area contributed by atoms with Gasteiger partial charge in [0.15, 0.2) is 0 Å². The van der Waals surface area contributed by atoms with E-state index in [9.17, 15) is 0 Å². The minimum absolute atomic E-state index is 0.921. The molecule has 0 saturated carbocycles. The minimum Gasteiger partial charge on any atom is -0.497 e. The first-order chi connectivity index (χ1) is 7.74. The molecule has 0 spiro atoms. The summed E-state index contributed by atoms with van der Waals surface area (Å²) in [6.45, 7) is 3.09. The number of nitrogens with one attached hydrogen (secondary N) is 2. The summed E-state index contributed by atoms with van der Waals surface area (Å²) >= 11 is 0. The first-order valence-corrected chi connectivity index (χ1v) is 5.55. The lowest BCUT2D eigenvalue weighted by Crippen LogP contribution is -2.10. The zero-order valence-electron chi connectivity index (χ0n) is 10.1. The average Bonchev–Trinajstić information content (AvgIpc) is 2.69. The first-order valence-electron chi connectivity index (χ1n) is 5.55. The number of aromatic amines is 1. The normalized spacial score (nSPS) is 10.9. The molecule has 3 heteroatoms. The Bertz CT molecular complexity index is 488. The third-order valence-corrected chi connectivity index (χ3v) is 2.83. The fourth-order valence-electron chi connectivity index (χ4n) is 1.96. The molecule has 3 nitrogen and oxygen atoms in total. The fraction of sp³-hybridized carbons (Fsp3) is 0.385. The maximum absolute atomic E-state index is 5.27. The molecule has 1 aromatic heterocycles. The van der Waals surface area contributed by atoms with E-state index in [1.54, 1.807) is 7.11 Å². The predicted octanol–water partition coefficient (Wildman–Crippen LogP) is 2.25. The zero-order chi connectivity index (χ0) is 11.5. The molecule has 0 amide bonds. The van der Waals surface area contributed by atoms with Gasteiger partial charge >= 0.3 is 0 Å². The topological polar surface area (TPSA) is 37.0 Å². The molecule has 0 atom stereocenters. The Balaban J connectivity index is 2.40. The van der Waals surface area contributed by atoms with Gasteiger partial charge in [-0.15, -0.1) is 0 Å². The molecule has 0 saturated heterocycles. The van der Waals surface area contributed by atoms with Crippen molar-refractivity contribution in [3.8, 4) is 5.75 Å². The van der Waals surface area contributed by atoms with E-state index in [1.165, 1.54) is 22.2 Å². The molecule has 1 aromatic carbocycles. The van der Waals surface area contributed by atoms with Crippen molar-refractivity contribution in [2.24, 2.45) is 0 Å². The smallest absolute Gasteiger partial charge is 0.119 e. The van der Waals surface area contributed by atoms with Gasteiger partial charge < -0.3 is 15.0 Å². The largest absolute Gasteiger partial charge is 0.497 e. The van der Waals surface area contributed by atoms with Gasteiger partial charge in [0.25, 0.3) is 0 Å². The maximum Gasteiger partial charge on any atom is 0.119 e. The summed E-state index contributed by atoms with van der Waals surface area (Å²) in [7, 11) is 3.67. The van der Waals surface area contributed by atoms with Gasteiger partial charge in [0.2, 0.25) is 0 Å². The SMILES string of the molecule is CNCCc1cc2cc(OC)cc(C)c2[nH]1. The van der Waals surface area contributed by atoms with Crippen LogP contribution in [0.15, 0.2) is 18.2 Å². The number of methoxy groups -OCH3 is 1. The van der Waals surface area contributed by atoms with Crippen molar-refractivity contribution in [2.45, 2.75) is 13.3 Å². The van der Waals surface area contributed by atoms with E-state index in [0.717, 1.165) is 18.7 Å². The van der Waals surface area contributed by atoms with Gasteiger partial charge in [0.1, 0.15) is 5.75 Å². The summed E-state index contributed by atoms with van der Waals surface area (Å²) in [6.07, 6.45) is 1.02. The summed E-state index contributed by atoms with van der Waals surface area (Å²) < 4.78 is 5.27. The van der Waals surface area contributed by atoms with E-state index in [2.05, 4.69) is 35.4 Å². The van der Waals surface area contributed by atoms with Crippen LogP contribution in [0.25, 0.3) is 10.9 Å². The molecule has 1 heterocycles. The van der Waals surface area contributed by atoms with E-state index in [1.807, 2.05) is 7.05 Å². The number of hydrogen-bond acceptors (Lipinski definition) is 2. The van der Waals surface area contributed by atoms with Crippen molar-refractivity contribution in [1.29, 1.82) is 0 Å². The van der Waals surface area contributed by atoms with Crippen LogP contribution in [0.2, 0.25) is 0 Å². The van der Waals surface area contributed by atoms with Crippen LogP contribution in [0.1, 0.15) is 11.3 Å². The Morgan fingerprint density at radius 3 is 2.81 bits per heavy atom. The molecular weight excluding hydrogens is 200 g/mol. The van der Waals surface area contributed by atoms with E-state index in [0.29, 0.717) is 0 Å². The van der Waals surface area contributed by atoms with Crippen molar-refractivity contribution in [3.05, 3.63) is 29.5 Å². The lowest BCUT2D eigenvalue weighted by molar-refractivity contribution is 0.415. The predicted molar refractivity (Wildman–Crippen MR) is 67.2 cm³/mol. The van der Waals surface area contributed by atoms with Crippen LogP contribution >= 0.6 is 0 Å². The molecule has 16 heavy (non-hydrogen) atoms. The number of likely N-dealkylation sites (N-methyl/N-ethyl adjacent to an activating group) is 1. The van der Waals surface area contributed by atoms with Gasteiger partial charge in [0.05, 0.1) is 7.11 Å². The Kier molecular flexibility index (Phi) is 3.15. The van der Waals surface area contributed by atoms with Crippen LogP contribution in [-0.4, -0.2) is 25.7 Å². The van der Waals surface area contributed by atoms with Gasteiger partial charge in [-0.25, -0.2) is 0 Å². The lowest BCUT2D eigenvalue weighted by atomic mass is 10.1. The van der Waals surface area contributed by atoms with Crippen molar-refractivity contribution < 1.29 is 4.74 Å². The number of rotatable bonds is 4. The van der Waals surface area contributed by atoms with Gasteiger partial charge in [-0.2, -0.15) is 0 Å². The van der Waals surface area contributed by atoms with Crippen LogP contribution < -0.4 is 10.1 Å². The number of aromatic nitrogens is 1. The van der Waals surface area contributed by atoms with Crippen LogP contribution in [0.3, 0.4) is 0 Å². The Hall–Kier alpha value is -1.48. The van der Waals surface area contributed by atoms with Crippen LogP contribution in [0.4, 0.5) is 0 Å². The Morgan fingerprint density at radius 1 is 1.31 bits per heavy atom. The second kappa shape index (κ2) is 4.58. The molecule has 86 valence electrons. The molecule has 2 N–H and O–H groups in total. The van der Waals surface area contributed by atoms with Gasteiger partial charge in [-0.3, -0.25) is 0 Å². The second-order valence-corrected chi connectivity index (χ2v) is 4.06. The molecule has 0 aliphatic carbocycles. The standard InChI is InChI=1S/C13H18N2O/c1-9-6-12(16-3)8-10-7-11(4-5-14-2)15-13(9)10/h6-8,14-15H,4-5H2,1-3H3. The maximum atomic E-state index is 5.27. The van der Waals surface area contributed by atoms with Gasteiger partial charge in [-0.05, 0) is 44.2 Å². The summed E-state index contributed by atoms with van der Waals surface area (Å²) in [5.41, 5.74) is 3.71.